The number of rotatable bonds is 7. The van der Waals surface area contributed by atoms with Crippen molar-refractivity contribution in [3.63, 3.8) is 0 Å². The Balaban J connectivity index is 1.58. The van der Waals surface area contributed by atoms with Gasteiger partial charge in [0.1, 0.15) is 17.1 Å². The molecule has 0 radical (unpaired) electrons. The zero-order valence-electron chi connectivity index (χ0n) is 20.7. The molecule has 0 unspecified atom stereocenters. The molecule has 40 heavy (non-hydrogen) atoms. The summed E-state index contributed by atoms with van der Waals surface area (Å²) in [6, 6.07) is 12.1. The van der Waals surface area contributed by atoms with Crippen LogP contribution in [0.4, 0.5) is 23.2 Å². The maximum absolute atomic E-state index is 14.8. The van der Waals surface area contributed by atoms with Gasteiger partial charge in [0.15, 0.2) is 23.0 Å². The Morgan fingerprint density at radius 2 is 1.73 bits per heavy atom. The molecule has 2 aromatic carbocycles. The van der Waals surface area contributed by atoms with Gasteiger partial charge in [0.25, 0.3) is 17.4 Å². The zero-order valence-corrected chi connectivity index (χ0v) is 20.7. The van der Waals surface area contributed by atoms with Crippen LogP contribution in [0.2, 0.25) is 0 Å². The van der Waals surface area contributed by atoms with Crippen molar-refractivity contribution >= 4 is 17.5 Å². The average molecular weight is 557 g/mol. The summed E-state index contributed by atoms with van der Waals surface area (Å²) in [6.45, 7) is 1.41. The van der Waals surface area contributed by atoms with Crippen LogP contribution in [0.3, 0.4) is 0 Å². The molecule has 0 fully saturated rings. The first-order valence-corrected chi connectivity index (χ1v) is 11.4. The van der Waals surface area contributed by atoms with E-state index in [-0.39, 0.29) is 39.8 Å². The molecule has 14 heteroatoms. The number of amides is 2. The average Bonchev–Trinajstić information content (AvgIpc) is 2.89. The lowest BCUT2D eigenvalue weighted by molar-refractivity contribution is -0.274. The number of alkyl halides is 3. The molecule has 0 saturated carbocycles. The summed E-state index contributed by atoms with van der Waals surface area (Å²) in [5.74, 6) is -2.95. The molecule has 4 aromatic rings. The van der Waals surface area contributed by atoms with Crippen molar-refractivity contribution in [2.75, 3.05) is 12.4 Å². The zero-order chi connectivity index (χ0) is 29.0. The van der Waals surface area contributed by atoms with Crippen molar-refractivity contribution in [1.29, 1.82) is 0 Å². The Labute approximate surface area is 223 Å². The van der Waals surface area contributed by atoms with E-state index in [0.717, 1.165) is 18.2 Å². The third-order valence-electron chi connectivity index (χ3n) is 5.27. The van der Waals surface area contributed by atoms with Gasteiger partial charge in [-0.05, 0) is 42.8 Å². The minimum absolute atomic E-state index is 0.00427. The van der Waals surface area contributed by atoms with Gasteiger partial charge in [0, 0.05) is 37.1 Å². The number of para-hydroxylation sites is 2. The van der Waals surface area contributed by atoms with Crippen LogP contribution in [0.25, 0.3) is 5.69 Å². The van der Waals surface area contributed by atoms with E-state index in [1.54, 1.807) is 0 Å². The second kappa shape index (κ2) is 11.2. The molecule has 10 nitrogen and oxygen atoms in total. The third kappa shape index (κ3) is 6.40. The standard InChI is InChI=1S/C26H19F4N5O5/c1-14-11-22(36)35(19-5-3-4-6-21(19)40-26(28,29)30)34-23(14)25(38)33-15-7-8-20(17(27)12-15)39-16-9-10-32-18(13-16)24(37)31-2/h3-13H,1-2H3,(H,31,37)(H,33,38). The molecule has 2 N–H and O–H groups in total. The van der Waals surface area contributed by atoms with Gasteiger partial charge in [-0.2, -0.15) is 9.78 Å². The molecule has 2 heterocycles. The van der Waals surface area contributed by atoms with E-state index in [4.69, 9.17) is 4.74 Å². The summed E-state index contributed by atoms with van der Waals surface area (Å²) in [4.78, 5) is 41.1. The maximum Gasteiger partial charge on any atom is 0.573 e. The molecular weight excluding hydrogens is 538 g/mol. The normalized spacial score (nSPS) is 11.1. The minimum atomic E-state index is -5.03. The first-order chi connectivity index (χ1) is 18.9. The molecule has 2 amide bonds. The van der Waals surface area contributed by atoms with Crippen LogP contribution in [0.1, 0.15) is 26.5 Å². The molecule has 0 bridgehead atoms. The lowest BCUT2D eigenvalue weighted by atomic mass is 10.2. The quantitative estimate of drug-likeness (QED) is 0.323. The molecule has 0 spiro atoms. The molecule has 206 valence electrons. The van der Waals surface area contributed by atoms with Crippen molar-refractivity contribution in [2.45, 2.75) is 13.3 Å². The van der Waals surface area contributed by atoms with Crippen molar-refractivity contribution < 1.29 is 36.6 Å². The number of hydrogen-bond donors (Lipinski definition) is 2. The number of nitrogens with one attached hydrogen (secondary N) is 2. The van der Waals surface area contributed by atoms with Gasteiger partial charge < -0.3 is 20.1 Å². The number of carbonyl (C=O) groups is 2. The van der Waals surface area contributed by atoms with Gasteiger partial charge in [-0.15, -0.1) is 13.2 Å². The van der Waals surface area contributed by atoms with Gasteiger partial charge in [-0.25, -0.2) is 4.39 Å². The molecule has 0 aliphatic rings. The summed E-state index contributed by atoms with van der Waals surface area (Å²) < 4.78 is 63.4. The number of carbonyl (C=O) groups excluding carboxylic acids is 2. The first kappa shape index (κ1) is 27.8. The van der Waals surface area contributed by atoms with Gasteiger partial charge in [-0.1, -0.05) is 12.1 Å². The highest BCUT2D eigenvalue weighted by atomic mass is 19.4. The molecule has 4 rings (SSSR count). The Bertz CT molecular complexity index is 1660. The van der Waals surface area contributed by atoms with Gasteiger partial charge in [0.05, 0.1) is 0 Å². The Morgan fingerprint density at radius 3 is 2.42 bits per heavy atom. The maximum atomic E-state index is 14.8. The van der Waals surface area contributed by atoms with Gasteiger partial charge in [-0.3, -0.25) is 19.4 Å². The number of aryl methyl sites for hydroxylation is 1. The number of anilines is 1. The number of ether oxygens (including phenoxy) is 2. The van der Waals surface area contributed by atoms with Crippen molar-refractivity contribution in [1.82, 2.24) is 20.1 Å². The van der Waals surface area contributed by atoms with Gasteiger partial charge >= 0.3 is 6.36 Å². The van der Waals surface area contributed by atoms with Gasteiger partial charge in [0.2, 0.25) is 0 Å². The number of nitrogens with zero attached hydrogens (tertiary/aromatic N) is 3. The first-order valence-electron chi connectivity index (χ1n) is 11.4. The Morgan fingerprint density at radius 1 is 0.975 bits per heavy atom. The second-order valence-electron chi connectivity index (χ2n) is 8.10. The topological polar surface area (TPSA) is 124 Å². The van der Waals surface area contributed by atoms with Crippen LogP contribution in [0, 0.1) is 12.7 Å². The fourth-order valence-corrected chi connectivity index (χ4v) is 3.49. The van der Waals surface area contributed by atoms with E-state index in [1.165, 1.54) is 62.6 Å². The van der Waals surface area contributed by atoms with Crippen LogP contribution in [0.5, 0.6) is 17.2 Å². The second-order valence-corrected chi connectivity index (χ2v) is 8.10. The lowest BCUT2D eigenvalue weighted by Crippen LogP contribution is -2.28. The van der Waals surface area contributed by atoms with Crippen LogP contribution >= 0.6 is 0 Å². The summed E-state index contributed by atoms with van der Waals surface area (Å²) in [5, 5.41) is 8.78. The number of halogens is 4. The number of pyridine rings is 1. The van der Waals surface area contributed by atoms with Crippen LogP contribution in [-0.4, -0.2) is 40.0 Å². The number of aromatic nitrogens is 3. The highest BCUT2D eigenvalue weighted by molar-refractivity contribution is 6.03. The third-order valence-corrected chi connectivity index (χ3v) is 5.27. The molecule has 0 saturated heterocycles. The van der Waals surface area contributed by atoms with Crippen molar-refractivity contribution in [3.8, 4) is 22.9 Å². The molecule has 0 aliphatic heterocycles. The van der Waals surface area contributed by atoms with Crippen molar-refractivity contribution in [2.24, 2.45) is 0 Å². The fraction of sp³-hybridized carbons (Fsp3) is 0.115. The predicted octanol–water partition coefficient (Wildman–Crippen LogP) is 4.38. The van der Waals surface area contributed by atoms with Crippen molar-refractivity contribution in [3.05, 3.63) is 100.0 Å². The van der Waals surface area contributed by atoms with E-state index >= 15 is 0 Å². The fourth-order valence-electron chi connectivity index (χ4n) is 3.49. The van der Waals surface area contributed by atoms with Crippen LogP contribution in [0.15, 0.2) is 71.7 Å². The Hall–Kier alpha value is -5.27. The van der Waals surface area contributed by atoms with Crippen LogP contribution < -0.4 is 25.7 Å². The smallest absolute Gasteiger partial charge is 0.454 e. The molecule has 0 aliphatic carbocycles. The number of hydrogen-bond acceptors (Lipinski definition) is 7. The molecule has 0 atom stereocenters. The van der Waals surface area contributed by atoms with E-state index < -0.39 is 35.3 Å². The summed E-state index contributed by atoms with van der Waals surface area (Å²) in [5.41, 5.74) is -1.28. The summed E-state index contributed by atoms with van der Waals surface area (Å²) >= 11 is 0. The summed E-state index contributed by atoms with van der Waals surface area (Å²) in [7, 11) is 1.43. The van der Waals surface area contributed by atoms with E-state index in [1.807, 2.05) is 0 Å². The molecule has 2 aromatic heterocycles. The molecular formula is C26H19F4N5O5. The SMILES string of the molecule is CNC(=O)c1cc(Oc2ccc(NC(=O)c3nn(-c4ccccc4OC(F)(F)F)c(=O)cc3C)cc2F)ccn1. The minimum Gasteiger partial charge on any atom is -0.454 e. The monoisotopic (exact) mass is 557 g/mol. The number of benzene rings is 2. The Kier molecular flexibility index (Phi) is 7.79. The van der Waals surface area contributed by atoms with Crippen LogP contribution in [-0.2, 0) is 0 Å². The largest absolute Gasteiger partial charge is 0.573 e. The van der Waals surface area contributed by atoms with E-state index in [0.29, 0.717) is 4.68 Å². The highest BCUT2D eigenvalue weighted by Crippen LogP contribution is 2.29. The lowest BCUT2D eigenvalue weighted by Gasteiger charge is -2.15. The van der Waals surface area contributed by atoms with E-state index in [2.05, 4.69) is 25.5 Å². The highest BCUT2D eigenvalue weighted by Gasteiger charge is 2.32. The summed E-state index contributed by atoms with van der Waals surface area (Å²) in [6.07, 6.45) is -3.72. The van der Waals surface area contributed by atoms with E-state index in [9.17, 15) is 31.9 Å². The predicted molar refractivity (Wildman–Crippen MR) is 133 cm³/mol.